The molecule has 1 unspecified atom stereocenters. The topological polar surface area (TPSA) is 50.9 Å². The van der Waals surface area contributed by atoms with E-state index in [4.69, 9.17) is 10.5 Å². The summed E-state index contributed by atoms with van der Waals surface area (Å²) in [5.74, 6) is 1.38. The molecule has 1 rings (SSSR count). The maximum atomic E-state index is 5.93. The summed E-state index contributed by atoms with van der Waals surface area (Å²) in [5, 5.41) is 0. The predicted molar refractivity (Wildman–Crippen MR) is 82.9 cm³/mol. The van der Waals surface area contributed by atoms with Crippen molar-refractivity contribution in [2.45, 2.75) is 19.8 Å². The third kappa shape index (κ3) is 6.88. The molecule has 0 aromatic rings. The number of ether oxygens (including phenoxy) is 1. The zero-order valence-electron chi connectivity index (χ0n) is 10.6. The summed E-state index contributed by atoms with van der Waals surface area (Å²) in [5.41, 5.74) is 5.93. The molecule has 0 aromatic heterocycles. The van der Waals surface area contributed by atoms with Gasteiger partial charge in [-0.15, -0.1) is 30.6 Å². The van der Waals surface area contributed by atoms with Gasteiger partial charge in [0.25, 0.3) is 0 Å². The lowest BCUT2D eigenvalue weighted by Crippen LogP contribution is -2.43. The molecular formula is C12H24IN3O. The molecule has 1 atom stereocenters. The molecule has 2 N–H and O–H groups in total. The average Bonchev–Trinajstić information content (AvgIpc) is 2.28. The largest absolute Gasteiger partial charge is 0.375 e. The average molecular weight is 353 g/mol. The highest BCUT2D eigenvalue weighted by Gasteiger charge is 2.17. The monoisotopic (exact) mass is 353 g/mol. The Morgan fingerprint density at radius 3 is 3.06 bits per heavy atom. The number of hydrogen-bond acceptors (Lipinski definition) is 2. The number of hydrogen-bond donors (Lipinski definition) is 1. The normalized spacial score (nSPS) is 20.9. The Labute approximate surface area is 121 Å². The van der Waals surface area contributed by atoms with E-state index in [0.29, 0.717) is 25.7 Å². The Hall–Kier alpha value is -0.300. The maximum Gasteiger partial charge on any atom is 0.191 e. The number of likely N-dealkylation sites (tertiary alicyclic amines) is 1. The summed E-state index contributed by atoms with van der Waals surface area (Å²) in [4.78, 5) is 6.48. The van der Waals surface area contributed by atoms with Crippen LogP contribution in [0.4, 0.5) is 0 Å². The minimum absolute atomic E-state index is 0. The van der Waals surface area contributed by atoms with Crippen LogP contribution in [0.5, 0.6) is 0 Å². The van der Waals surface area contributed by atoms with Gasteiger partial charge in [-0.2, -0.15) is 0 Å². The van der Waals surface area contributed by atoms with Crippen LogP contribution in [0, 0.1) is 5.92 Å². The van der Waals surface area contributed by atoms with Crippen LogP contribution in [0.1, 0.15) is 19.8 Å². The van der Waals surface area contributed by atoms with Crippen molar-refractivity contribution in [1.82, 2.24) is 4.90 Å². The summed E-state index contributed by atoms with van der Waals surface area (Å²) in [7, 11) is 0. The number of rotatable bonds is 5. The first-order chi connectivity index (χ1) is 7.74. The summed E-state index contributed by atoms with van der Waals surface area (Å²) < 4.78 is 5.24. The zero-order valence-corrected chi connectivity index (χ0v) is 12.9. The quantitative estimate of drug-likeness (QED) is 0.270. The second kappa shape index (κ2) is 9.70. The number of nitrogens with two attached hydrogens (primary N) is 1. The standard InChI is InChI=1S/C12H23N3O.HI/c1-3-8-16-9-6-14-12(13)15-7-4-5-11(2)10-15;/h3,11H,1,4-10H2,2H3,(H2,13,14);1H. The summed E-state index contributed by atoms with van der Waals surface area (Å²) in [6.07, 6.45) is 4.25. The summed E-state index contributed by atoms with van der Waals surface area (Å²) >= 11 is 0. The van der Waals surface area contributed by atoms with Crippen LogP contribution < -0.4 is 5.73 Å². The van der Waals surface area contributed by atoms with Gasteiger partial charge in [-0.05, 0) is 18.8 Å². The number of guanidine groups is 1. The van der Waals surface area contributed by atoms with Crippen LogP contribution in [-0.2, 0) is 4.74 Å². The van der Waals surface area contributed by atoms with Gasteiger partial charge in [0.1, 0.15) is 0 Å². The van der Waals surface area contributed by atoms with Crippen LogP contribution in [-0.4, -0.2) is 43.7 Å². The van der Waals surface area contributed by atoms with Crippen molar-refractivity contribution >= 4 is 29.9 Å². The zero-order chi connectivity index (χ0) is 11.8. The maximum absolute atomic E-state index is 5.93. The smallest absolute Gasteiger partial charge is 0.191 e. The van der Waals surface area contributed by atoms with Crippen LogP contribution in [0.15, 0.2) is 17.6 Å². The van der Waals surface area contributed by atoms with E-state index >= 15 is 0 Å². The molecule has 0 aromatic carbocycles. The molecule has 1 heterocycles. The van der Waals surface area contributed by atoms with E-state index in [1.807, 2.05) is 0 Å². The minimum atomic E-state index is 0. The fraction of sp³-hybridized carbons (Fsp3) is 0.750. The number of nitrogens with zero attached hydrogens (tertiary/aromatic N) is 2. The Morgan fingerprint density at radius 2 is 2.41 bits per heavy atom. The van der Waals surface area contributed by atoms with Gasteiger partial charge >= 0.3 is 0 Å². The Kier molecular flexibility index (Phi) is 9.53. The van der Waals surface area contributed by atoms with Crippen LogP contribution in [0.2, 0.25) is 0 Å². The van der Waals surface area contributed by atoms with Gasteiger partial charge in [0.2, 0.25) is 0 Å². The van der Waals surface area contributed by atoms with Crippen molar-refractivity contribution < 1.29 is 4.74 Å². The summed E-state index contributed by atoms with van der Waals surface area (Å²) in [6, 6.07) is 0. The third-order valence-electron chi connectivity index (χ3n) is 2.73. The lowest BCUT2D eigenvalue weighted by Gasteiger charge is -2.31. The van der Waals surface area contributed by atoms with Gasteiger partial charge in [-0.25, -0.2) is 0 Å². The van der Waals surface area contributed by atoms with Crippen molar-refractivity contribution in [3.8, 4) is 0 Å². The second-order valence-electron chi connectivity index (χ2n) is 4.30. The van der Waals surface area contributed by atoms with Crippen molar-refractivity contribution in [3.05, 3.63) is 12.7 Å². The van der Waals surface area contributed by atoms with Gasteiger partial charge in [-0.3, -0.25) is 4.99 Å². The molecule has 1 saturated heterocycles. The lowest BCUT2D eigenvalue weighted by atomic mass is 10.0. The molecule has 100 valence electrons. The fourth-order valence-electron chi connectivity index (χ4n) is 1.89. The van der Waals surface area contributed by atoms with Gasteiger partial charge in [-0.1, -0.05) is 13.0 Å². The van der Waals surface area contributed by atoms with Crippen LogP contribution in [0.3, 0.4) is 0 Å². The molecule has 0 aliphatic carbocycles. The minimum Gasteiger partial charge on any atom is -0.375 e. The molecule has 0 bridgehead atoms. The van der Waals surface area contributed by atoms with Crippen LogP contribution in [0.25, 0.3) is 0 Å². The molecule has 0 saturated carbocycles. The highest BCUT2D eigenvalue weighted by Crippen LogP contribution is 2.14. The van der Waals surface area contributed by atoms with Gasteiger partial charge in [0, 0.05) is 13.1 Å². The second-order valence-corrected chi connectivity index (χ2v) is 4.30. The lowest BCUT2D eigenvalue weighted by molar-refractivity contribution is 0.170. The number of aliphatic imine (C=N–C) groups is 1. The summed E-state index contributed by atoms with van der Waals surface area (Å²) in [6.45, 7) is 9.72. The molecule has 1 aliphatic heterocycles. The SMILES string of the molecule is C=CCOCCN=C(N)N1CCCC(C)C1.I. The molecular weight excluding hydrogens is 329 g/mol. The molecule has 1 fully saturated rings. The molecule has 0 radical (unpaired) electrons. The van der Waals surface area contributed by atoms with E-state index in [-0.39, 0.29) is 24.0 Å². The predicted octanol–water partition coefficient (Wildman–Crippen LogP) is 1.85. The van der Waals surface area contributed by atoms with E-state index in [1.54, 1.807) is 6.08 Å². The first-order valence-electron chi connectivity index (χ1n) is 5.97. The molecule has 4 nitrogen and oxygen atoms in total. The van der Waals surface area contributed by atoms with E-state index in [9.17, 15) is 0 Å². The van der Waals surface area contributed by atoms with Crippen molar-refractivity contribution in [3.63, 3.8) is 0 Å². The third-order valence-corrected chi connectivity index (χ3v) is 2.73. The fourth-order valence-corrected chi connectivity index (χ4v) is 1.89. The van der Waals surface area contributed by atoms with Crippen molar-refractivity contribution in [2.24, 2.45) is 16.6 Å². The van der Waals surface area contributed by atoms with Crippen molar-refractivity contribution in [2.75, 3.05) is 32.8 Å². The van der Waals surface area contributed by atoms with E-state index in [0.717, 1.165) is 19.0 Å². The molecule has 0 spiro atoms. The van der Waals surface area contributed by atoms with Gasteiger partial charge in [0.05, 0.1) is 19.8 Å². The van der Waals surface area contributed by atoms with Gasteiger partial charge in [0.15, 0.2) is 5.96 Å². The van der Waals surface area contributed by atoms with Crippen molar-refractivity contribution in [1.29, 1.82) is 0 Å². The van der Waals surface area contributed by atoms with E-state index in [2.05, 4.69) is 23.4 Å². The van der Waals surface area contributed by atoms with E-state index < -0.39 is 0 Å². The Morgan fingerprint density at radius 1 is 1.65 bits per heavy atom. The first-order valence-corrected chi connectivity index (χ1v) is 5.97. The molecule has 5 heteroatoms. The highest BCUT2D eigenvalue weighted by atomic mass is 127. The molecule has 0 amide bonds. The molecule has 17 heavy (non-hydrogen) atoms. The number of halogens is 1. The highest BCUT2D eigenvalue weighted by molar-refractivity contribution is 14.0. The van der Waals surface area contributed by atoms with Gasteiger partial charge < -0.3 is 15.4 Å². The number of piperidine rings is 1. The molecule has 1 aliphatic rings. The Bertz CT molecular complexity index is 246. The van der Waals surface area contributed by atoms with E-state index in [1.165, 1.54) is 12.8 Å². The Balaban J connectivity index is 0.00000256. The first kappa shape index (κ1) is 16.7. The van der Waals surface area contributed by atoms with Crippen LogP contribution >= 0.6 is 24.0 Å².